The van der Waals surface area contributed by atoms with Gasteiger partial charge in [0.1, 0.15) is 0 Å². The summed E-state index contributed by atoms with van der Waals surface area (Å²) in [5.74, 6) is 0. The van der Waals surface area contributed by atoms with Crippen molar-refractivity contribution in [2.24, 2.45) is 0 Å². The van der Waals surface area contributed by atoms with Crippen LogP contribution in [0, 0.1) is 10.5 Å². The highest BCUT2D eigenvalue weighted by atomic mass is 127. The van der Waals surface area contributed by atoms with Gasteiger partial charge in [0.15, 0.2) is 0 Å². The van der Waals surface area contributed by atoms with Crippen LogP contribution in [-0.4, -0.2) is 9.78 Å². The van der Waals surface area contributed by atoms with E-state index >= 15 is 0 Å². The molecule has 0 aliphatic carbocycles. The Morgan fingerprint density at radius 1 is 1.41 bits per heavy atom. The first-order valence-corrected chi connectivity index (χ1v) is 6.49. The summed E-state index contributed by atoms with van der Waals surface area (Å²) in [5.41, 5.74) is 1.88. The van der Waals surface area contributed by atoms with Crippen LogP contribution in [0.25, 0.3) is 0 Å². The number of halogens is 2. The lowest BCUT2D eigenvalue weighted by atomic mass is 10.1. The van der Waals surface area contributed by atoms with Crippen molar-refractivity contribution in [2.45, 2.75) is 13.5 Å². The van der Waals surface area contributed by atoms with Gasteiger partial charge in [0.25, 0.3) is 5.56 Å². The molecule has 0 saturated carbocycles. The van der Waals surface area contributed by atoms with E-state index in [1.54, 1.807) is 12.3 Å². The van der Waals surface area contributed by atoms with Crippen LogP contribution in [0.4, 0.5) is 0 Å². The van der Waals surface area contributed by atoms with Gasteiger partial charge in [0.2, 0.25) is 0 Å². The molecule has 0 atom stereocenters. The monoisotopic (exact) mass is 360 g/mol. The molecule has 0 spiro atoms. The molecule has 0 aliphatic rings. The zero-order valence-electron chi connectivity index (χ0n) is 9.15. The molecule has 1 aromatic heterocycles. The fourth-order valence-electron chi connectivity index (χ4n) is 1.47. The first-order valence-electron chi connectivity index (χ1n) is 5.04. The minimum atomic E-state index is -0.117. The fraction of sp³-hybridized carbons (Fsp3) is 0.167. The van der Waals surface area contributed by atoms with Crippen molar-refractivity contribution in [2.75, 3.05) is 0 Å². The maximum absolute atomic E-state index is 11.7. The quantitative estimate of drug-likeness (QED) is 0.772. The van der Waals surface area contributed by atoms with Gasteiger partial charge in [0.05, 0.1) is 12.7 Å². The van der Waals surface area contributed by atoms with Gasteiger partial charge in [-0.2, -0.15) is 5.10 Å². The van der Waals surface area contributed by atoms with Crippen LogP contribution in [0.2, 0.25) is 5.02 Å². The summed E-state index contributed by atoms with van der Waals surface area (Å²) in [6.45, 7) is 2.37. The largest absolute Gasteiger partial charge is 0.268 e. The summed E-state index contributed by atoms with van der Waals surface area (Å²) < 4.78 is 2.23. The van der Waals surface area contributed by atoms with Crippen LogP contribution in [0.1, 0.15) is 11.1 Å². The van der Waals surface area contributed by atoms with Crippen LogP contribution in [0.15, 0.2) is 35.3 Å². The van der Waals surface area contributed by atoms with Gasteiger partial charge in [0, 0.05) is 14.7 Å². The molecule has 0 saturated heterocycles. The summed E-state index contributed by atoms with van der Waals surface area (Å²) in [5, 5.41) is 4.74. The van der Waals surface area contributed by atoms with Crippen LogP contribution in [0.3, 0.4) is 0 Å². The lowest BCUT2D eigenvalue weighted by molar-refractivity contribution is 0.636. The number of rotatable bonds is 2. The van der Waals surface area contributed by atoms with E-state index < -0.39 is 0 Å². The highest BCUT2D eigenvalue weighted by Crippen LogP contribution is 2.17. The molecule has 0 radical (unpaired) electrons. The van der Waals surface area contributed by atoms with E-state index in [4.69, 9.17) is 11.6 Å². The van der Waals surface area contributed by atoms with Crippen molar-refractivity contribution in [3.8, 4) is 0 Å². The molecule has 1 aromatic carbocycles. The molecule has 0 unspecified atom stereocenters. The number of aryl methyl sites for hydroxylation is 1. The van der Waals surface area contributed by atoms with Crippen LogP contribution < -0.4 is 5.56 Å². The van der Waals surface area contributed by atoms with E-state index in [9.17, 15) is 4.79 Å². The smallest absolute Gasteiger partial charge is 0.268 e. The maximum Gasteiger partial charge on any atom is 0.268 e. The Morgan fingerprint density at radius 2 is 2.18 bits per heavy atom. The Balaban J connectivity index is 2.35. The molecular formula is C12H10ClIN2O. The second-order valence-corrected chi connectivity index (χ2v) is 5.42. The molecule has 88 valence electrons. The fourth-order valence-corrected chi connectivity index (χ4v) is 2.16. The van der Waals surface area contributed by atoms with Gasteiger partial charge in [-0.1, -0.05) is 23.7 Å². The van der Waals surface area contributed by atoms with Gasteiger partial charge < -0.3 is 0 Å². The highest BCUT2D eigenvalue weighted by molar-refractivity contribution is 14.1. The van der Waals surface area contributed by atoms with Crippen LogP contribution in [0.5, 0.6) is 0 Å². The van der Waals surface area contributed by atoms with Crippen LogP contribution >= 0.6 is 34.2 Å². The minimum Gasteiger partial charge on any atom is -0.268 e. The topological polar surface area (TPSA) is 34.9 Å². The summed E-state index contributed by atoms with van der Waals surface area (Å²) in [6.07, 6.45) is 1.66. The normalized spacial score (nSPS) is 10.5. The zero-order valence-corrected chi connectivity index (χ0v) is 12.1. The van der Waals surface area contributed by atoms with E-state index in [0.29, 0.717) is 11.6 Å². The molecule has 2 aromatic rings. The molecular weight excluding hydrogens is 351 g/mol. The molecule has 2 rings (SSSR count). The zero-order chi connectivity index (χ0) is 12.4. The number of aromatic nitrogens is 2. The molecule has 0 fully saturated rings. The highest BCUT2D eigenvalue weighted by Gasteiger charge is 2.04. The van der Waals surface area contributed by atoms with Gasteiger partial charge >= 0.3 is 0 Å². The molecule has 0 amide bonds. The van der Waals surface area contributed by atoms with E-state index in [1.807, 2.05) is 25.1 Å². The van der Waals surface area contributed by atoms with Crippen molar-refractivity contribution in [3.63, 3.8) is 0 Å². The second-order valence-electron chi connectivity index (χ2n) is 3.76. The van der Waals surface area contributed by atoms with Crippen molar-refractivity contribution in [1.82, 2.24) is 9.78 Å². The third kappa shape index (κ3) is 3.07. The average molecular weight is 361 g/mol. The lowest BCUT2D eigenvalue weighted by Gasteiger charge is -2.07. The molecule has 5 heteroatoms. The Hall–Kier alpha value is -0.880. The number of hydrogen-bond donors (Lipinski definition) is 0. The van der Waals surface area contributed by atoms with Gasteiger partial charge in [-0.15, -0.1) is 0 Å². The Kier molecular flexibility index (Phi) is 3.83. The average Bonchev–Trinajstić information content (AvgIpc) is 2.25. The van der Waals surface area contributed by atoms with Crippen molar-refractivity contribution in [3.05, 3.63) is 60.5 Å². The van der Waals surface area contributed by atoms with Crippen molar-refractivity contribution in [1.29, 1.82) is 0 Å². The van der Waals surface area contributed by atoms with Crippen molar-refractivity contribution >= 4 is 34.2 Å². The summed E-state index contributed by atoms with van der Waals surface area (Å²) in [6, 6.07) is 7.33. The molecule has 1 heterocycles. The summed E-state index contributed by atoms with van der Waals surface area (Å²) >= 11 is 8.18. The summed E-state index contributed by atoms with van der Waals surface area (Å²) in [4.78, 5) is 11.7. The minimum absolute atomic E-state index is 0.117. The van der Waals surface area contributed by atoms with Gasteiger partial charge in [-0.3, -0.25) is 4.79 Å². The van der Waals surface area contributed by atoms with E-state index in [1.165, 1.54) is 4.68 Å². The Bertz CT molecular complexity index is 610. The molecule has 0 bridgehead atoms. The number of hydrogen-bond acceptors (Lipinski definition) is 2. The lowest BCUT2D eigenvalue weighted by Crippen LogP contribution is -2.22. The third-order valence-corrected chi connectivity index (χ3v) is 3.31. The SMILES string of the molecule is Cc1ccc(Cn2ncc(I)cc2=O)c(Cl)c1. The predicted molar refractivity (Wildman–Crippen MR) is 76.5 cm³/mol. The first-order chi connectivity index (χ1) is 8.06. The summed E-state index contributed by atoms with van der Waals surface area (Å²) in [7, 11) is 0. The number of nitrogens with zero attached hydrogens (tertiary/aromatic N) is 2. The maximum atomic E-state index is 11.7. The second kappa shape index (κ2) is 5.18. The Labute approximate surface area is 118 Å². The molecule has 0 aliphatic heterocycles. The van der Waals surface area contributed by atoms with E-state index in [0.717, 1.165) is 14.7 Å². The van der Waals surface area contributed by atoms with E-state index in [2.05, 4.69) is 27.7 Å². The van der Waals surface area contributed by atoms with Gasteiger partial charge in [-0.05, 0) is 46.7 Å². The van der Waals surface area contributed by atoms with Crippen molar-refractivity contribution < 1.29 is 0 Å². The third-order valence-electron chi connectivity index (χ3n) is 2.36. The van der Waals surface area contributed by atoms with E-state index in [-0.39, 0.29) is 5.56 Å². The molecule has 17 heavy (non-hydrogen) atoms. The first kappa shape index (κ1) is 12.6. The standard InChI is InChI=1S/C12H10ClIN2O/c1-8-2-3-9(11(13)4-8)7-16-12(17)5-10(14)6-15-16/h2-6H,7H2,1H3. The van der Waals surface area contributed by atoms with Gasteiger partial charge in [-0.25, -0.2) is 4.68 Å². The molecule has 0 N–H and O–H groups in total. The van der Waals surface area contributed by atoms with Crippen LogP contribution in [-0.2, 0) is 6.54 Å². The Morgan fingerprint density at radius 3 is 2.82 bits per heavy atom. The predicted octanol–water partition coefficient (Wildman–Crippen LogP) is 2.86. The molecule has 3 nitrogen and oxygen atoms in total. The number of benzene rings is 1.